The maximum atomic E-state index is 7.78. The smallest absolute Gasteiger partial charge is 0.189 e. The third-order valence-corrected chi connectivity index (χ3v) is 3.43. The second-order valence-electron chi connectivity index (χ2n) is 5.02. The van der Waals surface area contributed by atoms with Crippen LogP contribution in [-0.2, 0) is 6.42 Å². The fourth-order valence-electron chi connectivity index (χ4n) is 2.26. The van der Waals surface area contributed by atoms with Gasteiger partial charge in [-0.05, 0) is 32.5 Å². The number of allylic oxidation sites excluding steroid dienone is 1. The number of nitrogens with one attached hydrogen (secondary N) is 5. The number of aromatic amines is 1. The molecule has 1 saturated heterocycles. The zero-order chi connectivity index (χ0) is 15.4. The van der Waals surface area contributed by atoms with E-state index < -0.39 is 0 Å². The number of aliphatic imine (C=N–C) groups is 1. The van der Waals surface area contributed by atoms with Crippen LogP contribution < -0.4 is 21.7 Å². The molecule has 0 spiro atoms. The van der Waals surface area contributed by atoms with Gasteiger partial charge in [0.2, 0.25) is 0 Å². The lowest BCUT2D eigenvalue weighted by Crippen LogP contribution is -2.40. The van der Waals surface area contributed by atoms with E-state index in [1.807, 2.05) is 26.0 Å². The number of guanidine groups is 1. The van der Waals surface area contributed by atoms with Crippen LogP contribution in [0.3, 0.4) is 0 Å². The maximum Gasteiger partial charge on any atom is 0.189 e. The second kappa shape index (κ2) is 6.55. The van der Waals surface area contributed by atoms with Crippen molar-refractivity contribution in [2.24, 2.45) is 10.7 Å². The number of aromatic nitrogens is 1. The number of nitrogens with zero attached hydrogens (tertiary/aromatic N) is 1. The lowest BCUT2D eigenvalue weighted by molar-refractivity contribution is 0.766. The zero-order valence-electron chi connectivity index (χ0n) is 12.5. The van der Waals surface area contributed by atoms with Gasteiger partial charge in [-0.2, -0.15) is 0 Å². The van der Waals surface area contributed by atoms with Crippen LogP contribution in [0.15, 0.2) is 11.1 Å². The van der Waals surface area contributed by atoms with Crippen LogP contribution >= 0.6 is 0 Å². The summed E-state index contributed by atoms with van der Waals surface area (Å²) < 4.78 is 0. The van der Waals surface area contributed by atoms with E-state index in [4.69, 9.17) is 11.1 Å². The van der Waals surface area contributed by atoms with Gasteiger partial charge in [-0.3, -0.25) is 10.7 Å². The lowest BCUT2D eigenvalue weighted by atomic mass is 10.1. The molecular formula is C14H23N7. The van der Waals surface area contributed by atoms with Gasteiger partial charge in [-0.15, -0.1) is 0 Å². The molecular weight excluding hydrogens is 266 g/mol. The topological polar surface area (TPSA) is 124 Å². The van der Waals surface area contributed by atoms with Crippen LogP contribution in [0, 0.1) is 12.3 Å². The summed E-state index contributed by atoms with van der Waals surface area (Å²) in [5, 5.41) is 16.7. The minimum Gasteiger partial charge on any atom is -0.356 e. The number of hydrogen-bond acceptors (Lipinski definition) is 4. The monoisotopic (exact) mass is 289 g/mol. The number of H-pyrrole nitrogens is 1. The Morgan fingerprint density at radius 2 is 2.29 bits per heavy atom. The summed E-state index contributed by atoms with van der Waals surface area (Å²) in [6.07, 6.45) is 4.76. The van der Waals surface area contributed by atoms with Crippen molar-refractivity contribution in [1.29, 1.82) is 5.41 Å². The van der Waals surface area contributed by atoms with Crippen LogP contribution in [0.5, 0.6) is 0 Å². The molecule has 7 heteroatoms. The van der Waals surface area contributed by atoms with Crippen molar-refractivity contribution in [3.05, 3.63) is 22.9 Å². The predicted octanol–water partition coefficient (Wildman–Crippen LogP) is 0.559. The highest BCUT2D eigenvalue weighted by Gasteiger charge is 2.32. The first kappa shape index (κ1) is 15.3. The second-order valence-corrected chi connectivity index (χ2v) is 5.02. The van der Waals surface area contributed by atoms with Crippen LogP contribution in [0.4, 0.5) is 5.82 Å². The summed E-state index contributed by atoms with van der Waals surface area (Å²) in [4.78, 5) is 7.25. The van der Waals surface area contributed by atoms with Crippen molar-refractivity contribution in [3.8, 4) is 0 Å². The molecule has 21 heavy (non-hydrogen) atoms. The third kappa shape index (κ3) is 3.71. The van der Waals surface area contributed by atoms with E-state index in [1.165, 1.54) is 5.56 Å². The molecule has 0 radical (unpaired) electrons. The molecule has 1 fully saturated rings. The average Bonchev–Trinajstić information content (AvgIpc) is 3.04. The van der Waals surface area contributed by atoms with E-state index in [0.717, 1.165) is 23.5 Å². The van der Waals surface area contributed by atoms with Crippen molar-refractivity contribution in [2.45, 2.75) is 32.6 Å². The minimum absolute atomic E-state index is 0.00847. The standard InChI is InChI=1S/C14H23N7/c1-4-5-10-9(8(2)19-12(10)17-3)6-7-18-14(16)21-13-11(15)20-13/h4-5,11,13,19-20H,3,6-7,15H2,1-2H3,(H3,16,18,21)/b5-4-. The molecule has 7 N–H and O–H groups in total. The minimum atomic E-state index is -0.0541. The van der Waals surface area contributed by atoms with Crippen LogP contribution in [-0.4, -0.2) is 36.5 Å². The highest BCUT2D eigenvalue weighted by Crippen LogP contribution is 2.26. The Kier molecular flexibility index (Phi) is 4.77. The van der Waals surface area contributed by atoms with Crippen molar-refractivity contribution in [1.82, 2.24) is 20.9 Å². The van der Waals surface area contributed by atoms with Gasteiger partial charge in [0.15, 0.2) is 5.96 Å². The molecule has 7 nitrogen and oxygen atoms in total. The summed E-state index contributed by atoms with van der Waals surface area (Å²) in [5.41, 5.74) is 8.94. The quantitative estimate of drug-likeness (QED) is 0.260. The van der Waals surface area contributed by atoms with E-state index in [-0.39, 0.29) is 18.3 Å². The molecule has 2 heterocycles. The van der Waals surface area contributed by atoms with Crippen LogP contribution in [0.2, 0.25) is 0 Å². The van der Waals surface area contributed by atoms with Gasteiger partial charge in [-0.1, -0.05) is 12.2 Å². The van der Waals surface area contributed by atoms with Crippen LogP contribution in [0.25, 0.3) is 6.08 Å². The highest BCUT2D eigenvalue weighted by molar-refractivity contribution is 5.77. The molecule has 1 aromatic rings. The van der Waals surface area contributed by atoms with Crippen LogP contribution in [0.1, 0.15) is 23.7 Å². The van der Waals surface area contributed by atoms with Gasteiger partial charge in [0.1, 0.15) is 12.0 Å². The fourth-order valence-corrected chi connectivity index (χ4v) is 2.26. The molecule has 0 aromatic carbocycles. The summed E-state index contributed by atoms with van der Waals surface area (Å²) >= 11 is 0. The van der Waals surface area contributed by atoms with Gasteiger partial charge in [-0.25, -0.2) is 4.99 Å². The Morgan fingerprint density at radius 1 is 1.57 bits per heavy atom. The van der Waals surface area contributed by atoms with Gasteiger partial charge in [0.05, 0.1) is 6.17 Å². The van der Waals surface area contributed by atoms with E-state index in [2.05, 4.69) is 32.6 Å². The molecule has 0 bridgehead atoms. The summed E-state index contributed by atoms with van der Waals surface area (Å²) in [6.45, 7) is 8.25. The Morgan fingerprint density at radius 3 is 2.86 bits per heavy atom. The first-order chi connectivity index (χ1) is 10.1. The lowest BCUT2D eigenvalue weighted by Gasteiger charge is -2.09. The molecule has 0 aliphatic carbocycles. The summed E-state index contributed by atoms with van der Waals surface area (Å²) in [7, 11) is 0. The van der Waals surface area contributed by atoms with Gasteiger partial charge in [0.25, 0.3) is 0 Å². The Balaban J connectivity index is 1.91. The van der Waals surface area contributed by atoms with Gasteiger partial charge < -0.3 is 21.4 Å². The van der Waals surface area contributed by atoms with E-state index >= 15 is 0 Å². The zero-order valence-corrected chi connectivity index (χ0v) is 12.5. The predicted molar refractivity (Wildman–Crippen MR) is 86.9 cm³/mol. The molecule has 2 rings (SSSR count). The summed E-state index contributed by atoms with van der Waals surface area (Å²) in [6, 6.07) is 0. The molecule has 0 saturated carbocycles. The first-order valence-electron chi connectivity index (χ1n) is 6.98. The Hall–Kier alpha value is -2.12. The normalized spacial score (nSPS) is 20.5. The van der Waals surface area contributed by atoms with E-state index in [9.17, 15) is 0 Å². The molecule has 0 amide bonds. The van der Waals surface area contributed by atoms with E-state index in [0.29, 0.717) is 6.54 Å². The molecule has 2 atom stereocenters. The SMILES string of the molecule is C=Nc1[nH]c(C)c(CCNC(=N)NC2NC2N)c1/C=C\C. The van der Waals surface area contributed by atoms with Crippen molar-refractivity contribution in [2.75, 3.05) is 6.54 Å². The van der Waals surface area contributed by atoms with Gasteiger partial charge >= 0.3 is 0 Å². The highest BCUT2D eigenvalue weighted by atomic mass is 15.4. The average molecular weight is 289 g/mol. The number of hydrogen-bond donors (Lipinski definition) is 6. The fraction of sp³-hybridized carbons (Fsp3) is 0.429. The Labute approximate surface area is 124 Å². The molecule has 2 unspecified atom stereocenters. The van der Waals surface area contributed by atoms with Gasteiger partial charge in [0, 0.05) is 17.8 Å². The molecule has 1 aromatic heterocycles. The van der Waals surface area contributed by atoms with Crippen molar-refractivity contribution >= 4 is 24.6 Å². The Bertz CT molecular complexity index is 558. The summed E-state index contributed by atoms with van der Waals surface area (Å²) in [5.74, 6) is 1.07. The van der Waals surface area contributed by atoms with E-state index in [1.54, 1.807) is 0 Å². The molecule has 1 aliphatic rings. The molecule has 1 aliphatic heterocycles. The number of aryl methyl sites for hydroxylation is 1. The van der Waals surface area contributed by atoms with Crippen molar-refractivity contribution < 1.29 is 0 Å². The number of nitrogens with two attached hydrogens (primary N) is 1. The van der Waals surface area contributed by atoms with Crippen molar-refractivity contribution in [3.63, 3.8) is 0 Å². The molecule has 114 valence electrons. The third-order valence-electron chi connectivity index (χ3n) is 3.43. The largest absolute Gasteiger partial charge is 0.356 e. The maximum absolute atomic E-state index is 7.78. The number of rotatable bonds is 6. The first-order valence-corrected chi connectivity index (χ1v) is 6.98.